The third kappa shape index (κ3) is 3.22. The van der Waals surface area contributed by atoms with Crippen molar-refractivity contribution in [3.05, 3.63) is 74.8 Å². The van der Waals surface area contributed by atoms with Gasteiger partial charge in [-0.2, -0.15) is 5.26 Å². The number of rotatable bonds is 3. The van der Waals surface area contributed by atoms with Crippen molar-refractivity contribution in [1.29, 1.82) is 5.26 Å². The molecule has 0 N–H and O–H groups in total. The van der Waals surface area contributed by atoms with Gasteiger partial charge in [0.25, 0.3) is 5.69 Å². The van der Waals surface area contributed by atoms with Gasteiger partial charge in [-0.25, -0.2) is 0 Å². The molecule has 0 aromatic heterocycles. The molecule has 0 aliphatic rings. The summed E-state index contributed by atoms with van der Waals surface area (Å²) in [6.07, 6.45) is 1.69. The second-order valence-electron chi connectivity index (χ2n) is 4.03. The van der Waals surface area contributed by atoms with Gasteiger partial charge in [-0.1, -0.05) is 23.7 Å². The molecular formula is C15H9ClN2O2. The monoisotopic (exact) mass is 284 g/mol. The molecule has 0 saturated heterocycles. The van der Waals surface area contributed by atoms with Crippen molar-refractivity contribution in [2.45, 2.75) is 0 Å². The number of allylic oxidation sites excluding steroid dienone is 1. The number of benzene rings is 2. The first-order chi connectivity index (χ1) is 9.60. The molecular weight excluding hydrogens is 276 g/mol. The van der Waals surface area contributed by atoms with Gasteiger partial charge in [0.05, 0.1) is 16.6 Å². The normalized spacial score (nSPS) is 10.9. The van der Waals surface area contributed by atoms with Crippen LogP contribution >= 0.6 is 11.6 Å². The van der Waals surface area contributed by atoms with E-state index < -0.39 is 4.92 Å². The van der Waals surface area contributed by atoms with Crippen molar-refractivity contribution in [1.82, 2.24) is 0 Å². The zero-order valence-electron chi connectivity index (χ0n) is 10.3. The van der Waals surface area contributed by atoms with Crippen LogP contribution in [-0.2, 0) is 0 Å². The molecule has 0 fully saturated rings. The average Bonchev–Trinajstić information content (AvgIpc) is 2.45. The van der Waals surface area contributed by atoms with E-state index in [1.165, 1.54) is 12.1 Å². The van der Waals surface area contributed by atoms with Crippen LogP contribution in [0.25, 0.3) is 11.6 Å². The summed E-state index contributed by atoms with van der Waals surface area (Å²) in [5.74, 6) is 0. The van der Waals surface area contributed by atoms with Gasteiger partial charge >= 0.3 is 0 Å². The largest absolute Gasteiger partial charge is 0.269 e. The Morgan fingerprint density at radius 3 is 2.50 bits per heavy atom. The highest BCUT2D eigenvalue weighted by Gasteiger charge is 2.06. The van der Waals surface area contributed by atoms with E-state index >= 15 is 0 Å². The Balaban J connectivity index is 2.37. The lowest BCUT2D eigenvalue weighted by atomic mass is 10.0. The number of halogens is 1. The number of non-ortho nitro benzene ring substituents is 1. The summed E-state index contributed by atoms with van der Waals surface area (Å²) in [5.41, 5.74) is 1.83. The zero-order valence-corrected chi connectivity index (χ0v) is 11.0. The fraction of sp³-hybridized carbons (Fsp3) is 0. The standard InChI is InChI=1S/C15H9ClN2O2/c16-14-3-1-2-11(9-14)8-13(10-17)12-4-6-15(7-5-12)18(19)20/h1-9H/b13-8-. The third-order valence-electron chi connectivity index (χ3n) is 2.67. The Labute approximate surface area is 120 Å². The first kappa shape index (κ1) is 13.8. The van der Waals surface area contributed by atoms with Gasteiger partial charge in [-0.05, 0) is 41.5 Å². The Morgan fingerprint density at radius 1 is 1.25 bits per heavy atom. The van der Waals surface area contributed by atoms with Crippen LogP contribution in [0.15, 0.2) is 48.5 Å². The van der Waals surface area contributed by atoms with Crippen LogP contribution in [-0.4, -0.2) is 4.92 Å². The first-order valence-electron chi connectivity index (χ1n) is 5.72. The number of hydrogen-bond donors (Lipinski definition) is 0. The molecule has 5 heteroatoms. The van der Waals surface area contributed by atoms with Crippen LogP contribution in [0, 0.1) is 21.4 Å². The van der Waals surface area contributed by atoms with Gasteiger partial charge in [0.2, 0.25) is 0 Å². The Morgan fingerprint density at radius 2 is 1.95 bits per heavy atom. The fourth-order valence-electron chi connectivity index (χ4n) is 1.71. The lowest BCUT2D eigenvalue weighted by Crippen LogP contribution is -1.88. The Bertz CT molecular complexity index is 715. The second-order valence-corrected chi connectivity index (χ2v) is 4.47. The maximum Gasteiger partial charge on any atom is 0.269 e. The molecule has 0 bridgehead atoms. The molecule has 4 nitrogen and oxygen atoms in total. The van der Waals surface area contributed by atoms with Crippen LogP contribution in [0.3, 0.4) is 0 Å². The SMILES string of the molecule is N#C/C(=C/c1cccc(Cl)c1)c1ccc([N+](=O)[O-])cc1. The van der Waals surface area contributed by atoms with Crippen LogP contribution in [0.2, 0.25) is 5.02 Å². The molecule has 98 valence electrons. The van der Waals surface area contributed by atoms with Crippen LogP contribution in [0.5, 0.6) is 0 Å². The summed E-state index contributed by atoms with van der Waals surface area (Å²) in [4.78, 5) is 10.1. The molecule has 20 heavy (non-hydrogen) atoms. The van der Waals surface area contributed by atoms with Gasteiger partial charge in [-0.15, -0.1) is 0 Å². The quantitative estimate of drug-likeness (QED) is 0.365. The van der Waals surface area contributed by atoms with Crippen molar-refractivity contribution in [2.24, 2.45) is 0 Å². The van der Waals surface area contributed by atoms with E-state index in [4.69, 9.17) is 11.6 Å². The maximum atomic E-state index is 10.6. The summed E-state index contributed by atoms with van der Waals surface area (Å²) < 4.78 is 0. The minimum atomic E-state index is -0.476. The summed E-state index contributed by atoms with van der Waals surface area (Å²) in [7, 11) is 0. The van der Waals surface area contributed by atoms with E-state index in [0.717, 1.165) is 5.56 Å². The van der Waals surface area contributed by atoms with Crippen molar-refractivity contribution in [3.8, 4) is 6.07 Å². The van der Waals surface area contributed by atoms with Gasteiger partial charge in [0.1, 0.15) is 0 Å². The second kappa shape index (κ2) is 6.00. The average molecular weight is 285 g/mol. The Hall–Kier alpha value is -2.64. The Kier molecular flexibility index (Phi) is 4.14. The van der Waals surface area contributed by atoms with Crippen molar-refractivity contribution >= 4 is 28.9 Å². The highest BCUT2D eigenvalue weighted by atomic mass is 35.5. The van der Waals surface area contributed by atoms with E-state index in [2.05, 4.69) is 6.07 Å². The van der Waals surface area contributed by atoms with E-state index in [9.17, 15) is 15.4 Å². The van der Waals surface area contributed by atoms with E-state index in [-0.39, 0.29) is 5.69 Å². The highest BCUT2D eigenvalue weighted by molar-refractivity contribution is 6.30. The zero-order chi connectivity index (χ0) is 14.5. The number of nitriles is 1. The van der Waals surface area contributed by atoms with Crippen LogP contribution in [0.4, 0.5) is 5.69 Å². The van der Waals surface area contributed by atoms with Crippen molar-refractivity contribution in [3.63, 3.8) is 0 Å². The summed E-state index contributed by atoms with van der Waals surface area (Å²) in [6, 6.07) is 15.0. The van der Waals surface area contributed by atoms with Crippen LogP contribution < -0.4 is 0 Å². The molecule has 2 aromatic rings. The predicted octanol–water partition coefficient (Wildman–Crippen LogP) is 4.31. The number of nitrogens with zero attached hydrogens (tertiary/aromatic N) is 2. The van der Waals surface area contributed by atoms with E-state index in [1.54, 1.807) is 36.4 Å². The van der Waals surface area contributed by atoms with Crippen LogP contribution in [0.1, 0.15) is 11.1 Å². The lowest BCUT2D eigenvalue weighted by Gasteiger charge is -2.00. The lowest BCUT2D eigenvalue weighted by molar-refractivity contribution is -0.384. The van der Waals surface area contributed by atoms with Crippen molar-refractivity contribution < 1.29 is 4.92 Å². The topological polar surface area (TPSA) is 66.9 Å². The summed E-state index contributed by atoms with van der Waals surface area (Å²) >= 11 is 5.89. The first-order valence-corrected chi connectivity index (χ1v) is 6.10. The molecule has 0 aliphatic heterocycles. The molecule has 2 rings (SSSR count). The van der Waals surface area contributed by atoms with Gasteiger partial charge < -0.3 is 0 Å². The molecule has 0 atom stereocenters. The third-order valence-corrected chi connectivity index (χ3v) is 2.90. The molecule has 0 spiro atoms. The predicted molar refractivity (Wildman–Crippen MR) is 78.0 cm³/mol. The van der Waals surface area contributed by atoms with E-state index in [1.807, 2.05) is 6.07 Å². The van der Waals surface area contributed by atoms with Gasteiger partial charge in [0.15, 0.2) is 0 Å². The molecule has 0 aliphatic carbocycles. The molecule has 0 amide bonds. The number of nitro groups is 1. The molecule has 0 radical (unpaired) electrons. The molecule has 0 saturated carbocycles. The minimum Gasteiger partial charge on any atom is -0.258 e. The van der Waals surface area contributed by atoms with E-state index in [0.29, 0.717) is 16.2 Å². The highest BCUT2D eigenvalue weighted by Crippen LogP contribution is 2.21. The number of nitro benzene ring substituents is 1. The fourth-order valence-corrected chi connectivity index (χ4v) is 1.90. The molecule has 0 unspecified atom stereocenters. The molecule has 2 aromatic carbocycles. The minimum absolute atomic E-state index is 0.00575. The molecule has 0 heterocycles. The maximum absolute atomic E-state index is 10.6. The number of hydrogen-bond acceptors (Lipinski definition) is 3. The smallest absolute Gasteiger partial charge is 0.258 e. The summed E-state index contributed by atoms with van der Waals surface area (Å²) in [6.45, 7) is 0. The van der Waals surface area contributed by atoms with Gasteiger partial charge in [-0.3, -0.25) is 10.1 Å². The summed E-state index contributed by atoms with van der Waals surface area (Å²) in [5, 5.41) is 20.4. The van der Waals surface area contributed by atoms with Crippen molar-refractivity contribution in [2.75, 3.05) is 0 Å². The van der Waals surface area contributed by atoms with Gasteiger partial charge in [0, 0.05) is 17.2 Å².